The van der Waals surface area contributed by atoms with E-state index in [0.717, 1.165) is 31.5 Å². The number of hydrogen-bond acceptors (Lipinski definition) is 3. The average Bonchev–Trinajstić information content (AvgIpc) is 2.72. The summed E-state index contributed by atoms with van der Waals surface area (Å²) < 4.78 is 0. The minimum absolute atomic E-state index is 0.0276. The Balaban J connectivity index is 2.13. The van der Waals surface area contributed by atoms with Gasteiger partial charge in [0.25, 0.3) is 0 Å². The van der Waals surface area contributed by atoms with E-state index in [1.54, 1.807) is 0 Å². The molecule has 0 aromatic heterocycles. The second-order valence-corrected chi connectivity index (χ2v) is 4.97. The van der Waals surface area contributed by atoms with E-state index in [0.29, 0.717) is 5.92 Å². The van der Waals surface area contributed by atoms with E-state index in [4.69, 9.17) is 0 Å². The van der Waals surface area contributed by atoms with Crippen LogP contribution in [0.2, 0.25) is 0 Å². The largest absolute Gasteiger partial charge is 0.361 e. The summed E-state index contributed by atoms with van der Waals surface area (Å²) in [6.45, 7) is 1.96. The van der Waals surface area contributed by atoms with E-state index in [2.05, 4.69) is 36.0 Å². The van der Waals surface area contributed by atoms with Crippen LogP contribution in [0.15, 0.2) is 30.3 Å². The predicted octanol–water partition coefficient (Wildman–Crippen LogP) is 1.64. The van der Waals surface area contributed by atoms with E-state index < -0.39 is 0 Å². The van der Waals surface area contributed by atoms with Gasteiger partial charge in [-0.2, -0.15) is 0 Å². The van der Waals surface area contributed by atoms with Gasteiger partial charge >= 0.3 is 0 Å². The van der Waals surface area contributed by atoms with Crippen LogP contribution in [0, 0.1) is 5.92 Å². The van der Waals surface area contributed by atoms with E-state index in [1.807, 2.05) is 18.2 Å². The molecule has 0 aliphatic carbocycles. The normalized spacial score (nSPS) is 24.3. The summed E-state index contributed by atoms with van der Waals surface area (Å²) >= 11 is 0. The molecule has 1 aromatic carbocycles. The molecule has 1 heterocycles. The molecule has 0 spiro atoms. The Hall–Kier alpha value is -1.35. The van der Waals surface area contributed by atoms with Crippen molar-refractivity contribution in [1.29, 1.82) is 0 Å². The Labute approximate surface area is 103 Å². The van der Waals surface area contributed by atoms with Gasteiger partial charge in [0, 0.05) is 24.7 Å². The Bertz CT molecular complexity index is 364. The highest BCUT2D eigenvalue weighted by atomic mass is 16.1. The molecule has 2 atom stereocenters. The van der Waals surface area contributed by atoms with Gasteiger partial charge in [0.2, 0.25) is 0 Å². The van der Waals surface area contributed by atoms with Crippen molar-refractivity contribution < 1.29 is 4.79 Å². The zero-order valence-corrected chi connectivity index (χ0v) is 10.5. The Morgan fingerprint density at radius 2 is 2.06 bits per heavy atom. The SMILES string of the molecule is CN(C)CC1CCN(c2ccccc2)C1C=O. The zero-order chi connectivity index (χ0) is 12.3. The Kier molecular flexibility index (Phi) is 3.79. The van der Waals surface area contributed by atoms with Gasteiger partial charge in [0.15, 0.2) is 0 Å². The molecule has 0 radical (unpaired) electrons. The second-order valence-electron chi connectivity index (χ2n) is 4.97. The smallest absolute Gasteiger partial charge is 0.142 e. The number of carbonyl (C=O) groups is 1. The fourth-order valence-electron chi connectivity index (χ4n) is 2.65. The summed E-state index contributed by atoms with van der Waals surface area (Å²) in [6.07, 6.45) is 2.20. The maximum Gasteiger partial charge on any atom is 0.142 e. The molecule has 0 N–H and O–H groups in total. The zero-order valence-electron chi connectivity index (χ0n) is 10.5. The molecule has 1 saturated heterocycles. The molecular weight excluding hydrogens is 212 g/mol. The first-order valence-electron chi connectivity index (χ1n) is 6.14. The molecule has 92 valence electrons. The van der Waals surface area contributed by atoms with Crippen molar-refractivity contribution in [2.45, 2.75) is 12.5 Å². The summed E-state index contributed by atoms with van der Waals surface area (Å²) in [6, 6.07) is 10.2. The van der Waals surface area contributed by atoms with Gasteiger partial charge in [0.05, 0.1) is 6.04 Å². The number of aldehydes is 1. The van der Waals surface area contributed by atoms with Crippen molar-refractivity contribution in [3.63, 3.8) is 0 Å². The van der Waals surface area contributed by atoms with Crippen molar-refractivity contribution in [1.82, 2.24) is 4.90 Å². The highest BCUT2D eigenvalue weighted by Crippen LogP contribution is 2.28. The first-order valence-corrected chi connectivity index (χ1v) is 6.14. The monoisotopic (exact) mass is 232 g/mol. The molecule has 0 saturated carbocycles. The van der Waals surface area contributed by atoms with Crippen molar-refractivity contribution >= 4 is 12.0 Å². The summed E-state index contributed by atoms with van der Waals surface area (Å²) in [5.74, 6) is 0.447. The summed E-state index contributed by atoms with van der Waals surface area (Å²) in [7, 11) is 4.13. The third-order valence-electron chi connectivity index (χ3n) is 3.41. The van der Waals surface area contributed by atoms with Gasteiger partial charge in [-0.25, -0.2) is 0 Å². The summed E-state index contributed by atoms with van der Waals surface area (Å²) in [5, 5.41) is 0. The van der Waals surface area contributed by atoms with E-state index >= 15 is 0 Å². The lowest BCUT2D eigenvalue weighted by atomic mass is 10.0. The molecule has 1 aliphatic rings. The van der Waals surface area contributed by atoms with Crippen LogP contribution in [-0.2, 0) is 4.79 Å². The molecule has 0 amide bonds. The van der Waals surface area contributed by atoms with Crippen LogP contribution in [-0.4, -0.2) is 44.4 Å². The number of rotatable bonds is 4. The number of benzene rings is 1. The maximum atomic E-state index is 11.3. The van der Waals surface area contributed by atoms with Gasteiger partial charge < -0.3 is 14.6 Å². The Morgan fingerprint density at radius 1 is 1.35 bits per heavy atom. The molecule has 1 aliphatic heterocycles. The van der Waals surface area contributed by atoms with Crippen molar-refractivity contribution in [2.24, 2.45) is 5.92 Å². The van der Waals surface area contributed by atoms with Crippen LogP contribution < -0.4 is 4.90 Å². The molecule has 1 aromatic rings. The highest BCUT2D eigenvalue weighted by molar-refractivity contribution is 5.68. The van der Waals surface area contributed by atoms with Crippen LogP contribution in [0.3, 0.4) is 0 Å². The third kappa shape index (κ3) is 2.67. The standard InChI is InChI=1S/C14H20N2O/c1-15(2)10-12-8-9-16(14(12)11-17)13-6-4-3-5-7-13/h3-7,11-12,14H,8-10H2,1-2H3. The molecule has 1 fully saturated rings. The minimum atomic E-state index is 0.0276. The number of hydrogen-bond donors (Lipinski definition) is 0. The lowest BCUT2D eigenvalue weighted by Gasteiger charge is -2.26. The first kappa shape index (κ1) is 12.1. The van der Waals surface area contributed by atoms with Crippen LogP contribution in [0.5, 0.6) is 0 Å². The molecule has 2 unspecified atom stereocenters. The van der Waals surface area contributed by atoms with Crippen molar-refractivity contribution in [2.75, 3.05) is 32.1 Å². The van der Waals surface area contributed by atoms with Crippen molar-refractivity contribution in [3.05, 3.63) is 30.3 Å². The second kappa shape index (κ2) is 5.32. The van der Waals surface area contributed by atoms with Gasteiger partial charge in [-0.1, -0.05) is 18.2 Å². The molecule has 17 heavy (non-hydrogen) atoms. The van der Waals surface area contributed by atoms with Crippen molar-refractivity contribution in [3.8, 4) is 0 Å². The van der Waals surface area contributed by atoms with E-state index in [1.165, 1.54) is 0 Å². The molecule has 3 nitrogen and oxygen atoms in total. The molecule has 3 heteroatoms. The lowest BCUT2D eigenvalue weighted by Crippen LogP contribution is -2.37. The molecule has 0 bridgehead atoms. The van der Waals surface area contributed by atoms with Crippen LogP contribution >= 0.6 is 0 Å². The third-order valence-corrected chi connectivity index (χ3v) is 3.41. The lowest BCUT2D eigenvalue weighted by molar-refractivity contribution is -0.109. The summed E-state index contributed by atoms with van der Waals surface area (Å²) in [5.41, 5.74) is 1.16. The average molecular weight is 232 g/mol. The number of carbonyl (C=O) groups excluding carboxylic acids is 1. The summed E-state index contributed by atoms with van der Waals surface area (Å²) in [4.78, 5) is 15.7. The number of nitrogens with zero attached hydrogens (tertiary/aromatic N) is 2. The highest BCUT2D eigenvalue weighted by Gasteiger charge is 2.33. The number of anilines is 1. The van der Waals surface area contributed by atoms with Gasteiger partial charge in [-0.3, -0.25) is 0 Å². The molecule has 2 rings (SSSR count). The van der Waals surface area contributed by atoms with Crippen LogP contribution in [0.4, 0.5) is 5.69 Å². The van der Waals surface area contributed by atoms with Gasteiger partial charge in [0.1, 0.15) is 6.29 Å². The minimum Gasteiger partial charge on any atom is -0.361 e. The van der Waals surface area contributed by atoms with E-state index in [9.17, 15) is 4.79 Å². The van der Waals surface area contributed by atoms with Crippen LogP contribution in [0.1, 0.15) is 6.42 Å². The predicted molar refractivity (Wildman–Crippen MR) is 70.3 cm³/mol. The number of para-hydroxylation sites is 1. The topological polar surface area (TPSA) is 23.6 Å². The fraction of sp³-hybridized carbons (Fsp3) is 0.500. The first-order chi connectivity index (χ1) is 8.22. The van der Waals surface area contributed by atoms with E-state index in [-0.39, 0.29) is 6.04 Å². The quantitative estimate of drug-likeness (QED) is 0.737. The van der Waals surface area contributed by atoms with Crippen LogP contribution in [0.25, 0.3) is 0 Å². The maximum absolute atomic E-state index is 11.3. The molecular formula is C14H20N2O. The fourth-order valence-corrected chi connectivity index (χ4v) is 2.65. The Morgan fingerprint density at radius 3 is 2.65 bits per heavy atom. The van der Waals surface area contributed by atoms with Gasteiger partial charge in [-0.15, -0.1) is 0 Å². The van der Waals surface area contributed by atoms with Gasteiger partial charge in [-0.05, 0) is 32.6 Å².